The first-order valence-corrected chi connectivity index (χ1v) is 9.11. The molecule has 1 aromatic rings. The van der Waals surface area contributed by atoms with Crippen molar-refractivity contribution in [1.82, 2.24) is 0 Å². The molecule has 1 aromatic carbocycles. The molecule has 0 radical (unpaired) electrons. The van der Waals surface area contributed by atoms with Crippen LogP contribution in [0, 0.1) is 0 Å². The van der Waals surface area contributed by atoms with Crippen molar-refractivity contribution in [3.8, 4) is 5.75 Å². The van der Waals surface area contributed by atoms with E-state index in [1.807, 2.05) is 30.3 Å². The van der Waals surface area contributed by atoms with E-state index in [9.17, 15) is 0 Å². The molecule has 0 saturated heterocycles. The molecule has 0 atom stereocenters. The number of unbranched alkanes of at least 4 members (excludes halogenated alkanes) is 11. The fourth-order valence-corrected chi connectivity index (χ4v) is 2.65. The first-order valence-electron chi connectivity index (χ1n) is 9.11. The maximum absolute atomic E-state index is 5.70. The summed E-state index contributed by atoms with van der Waals surface area (Å²) in [5, 5.41) is 0. The molecule has 0 fully saturated rings. The molecule has 0 aromatic heterocycles. The zero-order valence-electron chi connectivity index (χ0n) is 14.0. The molecule has 0 saturated carbocycles. The summed E-state index contributed by atoms with van der Waals surface area (Å²) in [5.41, 5.74) is 0. The lowest BCUT2D eigenvalue weighted by Gasteiger charge is -2.05. The van der Waals surface area contributed by atoms with E-state index in [0.717, 1.165) is 12.4 Å². The number of benzene rings is 1. The average molecular weight is 290 g/mol. The Morgan fingerprint density at radius 3 is 1.62 bits per heavy atom. The summed E-state index contributed by atoms with van der Waals surface area (Å²) in [6.45, 7) is 3.15. The second kappa shape index (κ2) is 14.0. The molecule has 0 bridgehead atoms. The van der Waals surface area contributed by atoms with Gasteiger partial charge in [-0.3, -0.25) is 0 Å². The quantitative estimate of drug-likeness (QED) is 0.344. The summed E-state index contributed by atoms with van der Waals surface area (Å²) in [6, 6.07) is 10.1. The molecule has 0 aliphatic rings. The first-order chi connectivity index (χ1) is 10.4. The average Bonchev–Trinajstić information content (AvgIpc) is 2.53. The summed E-state index contributed by atoms with van der Waals surface area (Å²) in [5.74, 6) is 1.00. The van der Waals surface area contributed by atoms with Crippen LogP contribution in [0.15, 0.2) is 30.3 Å². The molecule has 0 spiro atoms. The van der Waals surface area contributed by atoms with Gasteiger partial charge in [0.2, 0.25) is 0 Å². The molecular weight excluding hydrogens is 256 g/mol. The van der Waals surface area contributed by atoms with Crippen LogP contribution in [-0.4, -0.2) is 6.61 Å². The van der Waals surface area contributed by atoms with E-state index >= 15 is 0 Å². The minimum Gasteiger partial charge on any atom is -0.494 e. The highest BCUT2D eigenvalue weighted by molar-refractivity contribution is 5.20. The fraction of sp³-hybridized carbons (Fsp3) is 0.700. The first kappa shape index (κ1) is 18.1. The molecule has 1 heteroatoms. The van der Waals surface area contributed by atoms with Crippen molar-refractivity contribution in [3.05, 3.63) is 30.3 Å². The van der Waals surface area contributed by atoms with Crippen LogP contribution in [-0.2, 0) is 0 Å². The van der Waals surface area contributed by atoms with Crippen molar-refractivity contribution in [3.63, 3.8) is 0 Å². The molecule has 1 nitrogen and oxygen atoms in total. The summed E-state index contributed by atoms with van der Waals surface area (Å²) < 4.78 is 5.70. The highest BCUT2D eigenvalue weighted by Crippen LogP contribution is 2.13. The van der Waals surface area contributed by atoms with Gasteiger partial charge in [-0.05, 0) is 18.6 Å². The van der Waals surface area contributed by atoms with E-state index in [4.69, 9.17) is 4.74 Å². The Kier molecular flexibility index (Phi) is 12.0. The Morgan fingerprint density at radius 1 is 0.619 bits per heavy atom. The molecule has 0 unspecified atom stereocenters. The van der Waals surface area contributed by atoms with Crippen LogP contribution in [0.1, 0.15) is 84.0 Å². The molecule has 120 valence electrons. The molecule has 1 rings (SSSR count). The molecule has 0 aliphatic carbocycles. The Balaban J connectivity index is 1.75. The van der Waals surface area contributed by atoms with Crippen LogP contribution in [0.3, 0.4) is 0 Å². The number of ether oxygens (including phenoxy) is 1. The van der Waals surface area contributed by atoms with Crippen LogP contribution in [0.25, 0.3) is 0 Å². The molecule has 0 aliphatic heterocycles. The van der Waals surface area contributed by atoms with Gasteiger partial charge in [0.15, 0.2) is 0 Å². The van der Waals surface area contributed by atoms with Gasteiger partial charge in [0, 0.05) is 0 Å². The predicted molar refractivity (Wildman–Crippen MR) is 93.0 cm³/mol. The van der Waals surface area contributed by atoms with Crippen LogP contribution in [0.5, 0.6) is 5.75 Å². The lowest BCUT2D eigenvalue weighted by Crippen LogP contribution is -1.96. The number of hydrogen-bond acceptors (Lipinski definition) is 1. The Morgan fingerprint density at radius 2 is 1.10 bits per heavy atom. The van der Waals surface area contributed by atoms with E-state index in [2.05, 4.69) is 6.92 Å². The molecular formula is C20H34O. The lowest BCUT2D eigenvalue weighted by atomic mass is 10.1. The van der Waals surface area contributed by atoms with Gasteiger partial charge in [-0.1, -0.05) is 95.8 Å². The summed E-state index contributed by atoms with van der Waals surface area (Å²) in [6.07, 6.45) is 16.7. The van der Waals surface area contributed by atoms with Gasteiger partial charge in [-0.15, -0.1) is 0 Å². The van der Waals surface area contributed by atoms with Gasteiger partial charge in [0.05, 0.1) is 6.61 Å². The standard InChI is InChI=1S/C20H34O/c1-2-3-4-5-6-7-8-9-10-11-12-16-19-21-20-17-14-13-15-18-20/h13-15,17-18H,2-12,16,19H2,1H3. The molecule has 21 heavy (non-hydrogen) atoms. The van der Waals surface area contributed by atoms with Crippen molar-refractivity contribution in [2.75, 3.05) is 6.61 Å². The van der Waals surface area contributed by atoms with Gasteiger partial charge in [0.1, 0.15) is 5.75 Å². The summed E-state index contributed by atoms with van der Waals surface area (Å²) in [4.78, 5) is 0. The Labute approximate surface area is 132 Å². The summed E-state index contributed by atoms with van der Waals surface area (Å²) >= 11 is 0. The second-order valence-corrected chi connectivity index (χ2v) is 6.05. The zero-order valence-corrected chi connectivity index (χ0v) is 14.0. The zero-order chi connectivity index (χ0) is 15.0. The molecule has 0 heterocycles. The largest absolute Gasteiger partial charge is 0.494 e. The number of para-hydroxylation sites is 1. The third-order valence-corrected chi connectivity index (χ3v) is 4.01. The Hall–Kier alpha value is -0.980. The highest BCUT2D eigenvalue weighted by atomic mass is 16.5. The van der Waals surface area contributed by atoms with Gasteiger partial charge in [-0.25, -0.2) is 0 Å². The smallest absolute Gasteiger partial charge is 0.119 e. The molecule has 0 N–H and O–H groups in total. The molecule has 0 amide bonds. The van der Waals surface area contributed by atoms with E-state index < -0.39 is 0 Å². The third-order valence-electron chi connectivity index (χ3n) is 4.01. The minimum atomic E-state index is 0.863. The van der Waals surface area contributed by atoms with Crippen molar-refractivity contribution < 1.29 is 4.74 Å². The van der Waals surface area contributed by atoms with E-state index in [1.165, 1.54) is 77.0 Å². The second-order valence-electron chi connectivity index (χ2n) is 6.05. The van der Waals surface area contributed by atoms with E-state index in [-0.39, 0.29) is 0 Å². The predicted octanol–water partition coefficient (Wildman–Crippen LogP) is 6.77. The minimum absolute atomic E-state index is 0.863. The van der Waals surface area contributed by atoms with Crippen LogP contribution in [0.2, 0.25) is 0 Å². The van der Waals surface area contributed by atoms with Crippen molar-refractivity contribution in [1.29, 1.82) is 0 Å². The maximum atomic E-state index is 5.70. The third kappa shape index (κ3) is 11.4. The van der Waals surface area contributed by atoms with Crippen molar-refractivity contribution in [2.45, 2.75) is 84.0 Å². The van der Waals surface area contributed by atoms with Crippen LogP contribution in [0.4, 0.5) is 0 Å². The highest BCUT2D eigenvalue weighted by Gasteiger charge is 1.94. The van der Waals surface area contributed by atoms with Crippen LogP contribution >= 0.6 is 0 Å². The van der Waals surface area contributed by atoms with Gasteiger partial charge in [-0.2, -0.15) is 0 Å². The lowest BCUT2D eigenvalue weighted by molar-refractivity contribution is 0.304. The number of rotatable bonds is 14. The maximum Gasteiger partial charge on any atom is 0.119 e. The normalized spacial score (nSPS) is 10.7. The fourth-order valence-electron chi connectivity index (χ4n) is 2.65. The summed E-state index contributed by atoms with van der Waals surface area (Å²) in [7, 11) is 0. The van der Waals surface area contributed by atoms with Gasteiger partial charge >= 0.3 is 0 Å². The van der Waals surface area contributed by atoms with Gasteiger partial charge < -0.3 is 4.74 Å². The number of hydrogen-bond donors (Lipinski definition) is 0. The van der Waals surface area contributed by atoms with E-state index in [1.54, 1.807) is 0 Å². The van der Waals surface area contributed by atoms with Crippen molar-refractivity contribution in [2.24, 2.45) is 0 Å². The topological polar surface area (TPSA) is 9.23 Å². The van der Waals surface area contributed by atoms with Crippen LogP contribution < -0.4 is 4.74 Å². The SMILES string of the molecule is CCCCCCCCCCCCCCOc1ccccc1. The van der Waals surface area contributed by atoms with Gasteiger partial charge in [0.25, 0.3) is 0 Å². The Bertz CT molecular complexity index is 307. The monoisotopic (exact) mass is 290 g/mol. The van der Waals surface area contributed by atoms with Crippen molar-refractivity contribution >= 4 is 0 Å². The van der Waals surface area contributed by atoms with E-state index in [0.29, 0.717) is 0 Å².